The highest BCUT2D eigenvalue weighted by Crippen LogP contribution is 2.56. The SMILES string of the molecule is Cc1ccccc1N1C(C2CCCC2)N2C(C=CC2(C2CCCCC2)C2CCCCC2)[C@@H]1C. The highest BCUT2D eigenvalue weighted by Gasteiger charge is 2.61. The molecule has 5 aliphatic rings. The van der Waals surface area contributed by atoms with Crippen LogP contribution < -0.4 is 4.90 Å². The number of fused-ring (bicyclic) bond motifs is 1. The Morgan fingerprint density at radius 1 is 0.758 bits per heavy atom. The molecule has 0 radical (unpaired) electrons. The van der Waals surface area contributed by atoms with Crippen molar-refractivity contribution in [1.82, 2.24) is 4.90 Å². The van der Waals surface area contributed by atoms with Crippen LogP contribution in [-0.4, -0.2) is 28.7 Å². The van der Waals surface area contributed by atoms with Gasteiger partial charge in [-0.3, -0.25) is 4.90 Å². The Kier molecular flexibility index (Phi) is 6.10. The van der Waals surface area contributed by atoms with Crippen LogP contribution in [0.25, 0.3) is 0 Å². The molecular formula is C31H46N2. The largest absolute Gasteiger partial charge is 0.351 e. The molecule has 0 N–H and O–H groups in total. The van der Waals surface area contributed by atoms with E-state index in [-0.39, 0.29) is 0 Å². The van der Waals surface area contributed by atoms with Crippen molar-refractivity contribution in [3.8, 4) is 0 Å². The van der Waals surface area contributed by atoms with Gasteiger partial charge in [0.15, 0.2) is 0 Å². The normalized spacial score (nSPS) is 33.8. The monoisotopic (exact) mass is 446 g/mol. The topological polar surface area (TPSA) is 6.48 Å². The number of benzene rings is 1. The fourth-order valence-electron chi connectivity index (χ4n) is 9.11. The molecule has 2 unspecified atom stereocenters. The van der Waals surface area contributed by atoms with Gasteiger partial charge in [0.25, 0.3) is 0 Å². The lowest BCUT2D eigenvalue weighted by molar-refractivity contribution is -0.0317. The van der Waals surface area contributed by atoms with Crippen LogP contribution in [0.1, 0.15) is 102 Å². The highest BCUT2D eigenvalue weighted by molar-refractivity contribution is 5.57. The third-order valence-electron chi connectivity index (χ3n) is 10.6. The van der Waals surface area contributed by atoms with E-state index in [4.69, 9.17) is 0 Å². The summed E-state index contributed by atoms with van der Waals surface area (Å²) in [6, 6.07) is 10.4. The second-order valence-corrected chi connectivity index (χ2v) is 12.2. The molecule has 2 heterocycles. The molecule has 2 heteroatoms. The van der Waals surface area contributed by atoms with Crippen molar-refractivity contribution in [3.63, 3.8) is 0 Å². The van der Waals surface area contributed by atoms with Gasteiger partial charge in [0.05, 0.1) is 12.2 Å². The van der Waals surface area contributed by atoms with Crippen LogP contribution in [0, 0.1) is 24.7 Å². The van der Waals surface area contributed by atoms with Crippen molar-refractivity contribution < 1.29 is 0 Å². The number of anilines is 1. The Labute approximate surface area is 202 Å². The van der Waals surface area contributed by atoms with Gasteiger partial charge in [-0.1, -0.05) is 81.7 Å². The molecule has 0 aromatic heterocycles. The van der Waals surface area contributed by atoms with E-state index in [0.717, 1.165) is 17.8 Å². The van der Waals surface area contributed by atoms with Gasteiger partial charge in [0.1, 0.15) is 0 Å². The fourth-order valence-corrected chi connectivity index (χ4v) is 9.11. The Bertz CT molecular complexity index is 822. The van der Waals surface area contributed by atoms with Gasteiger partial charge < -0.3 is 4.90 Å². The summed E-state index contributed by atoms with van der Waals surface area (Å²) in [6.07, 6.45) is 26.4. The lowest BCUT2D eigenvalue weighted by atomic mass is 9.63. The molecule has 180 valence electrons. The van der Waals surface area contributed by atoms with E-state index in [1.165, 1.54) is 101 Å². The molecule has 1 aromatic carbocycles. The molecule has 0 spiro atoms. The minimum atomic E-state index is 0.310. The summed E-state index contributed by atoms with van der Waals surface area (Å²) in [5.41, 5.74) is 3.27. The number of aryl methyl sites for hydroxylation is 1. The summed E-state index contributed by atoms with van der Waals surface area (Å²) < 4.78 is 0. The predicted octanol–water partition coefficient (Wildman–Crippen LogP) is 7.86. The maximum atomic E-state index is 3.19. The number of hydrogen-bond acceptors (Lipinski definition) is 2. The maximum Gasteiger partial charge on any atom is 0.0865 e. The van der Waals surface area contributed by atoms with Crippen molar-refractivity contribution in [2.45, 2.75) is 128 Å². The Hall–Kier alpha value is -1.28. The van der Waals surface area contributed by atoms with Gasteiger partial charge in [-0.25, -0.2) is 0 Å². The first-order valence-corrected chi connectivity index (χ1v) is 14.5. The van der Waals surface area contributed by atoms with Crippen LogP contribution >= 0.6 is 0 Å². The van der Waals surface area contributed by atoms with E-state index >= 15 is 0 Å². The van der Waals surface area contributed by atoms with Crippen LogP contribution in [0.2, 0.25) is 0 Å². The Morgan fingerprint density at radius 2 is 1.33 bits per heavy atom. The molecule has 3 atom stereocenters. The minimum absolute atomic E-state index is 0.310. The van der Waals surface area contributed by atoms with Crippen molar-refractivity contribution >= 4 is 5.69 Å². The van der Waals surface area contributed by atoms with Crippen molar-refractivity contribution in [2.75, 3.05) is 4.90 Å². The van der Waals surface area contributed by atoms with Gasteiger partial charge in [-0.2, -0.15) is 0 Å². The first kappa shape index (κ1) is 22.2. The second-order valence-electron chi connectivity index (χ2n) is 12.2. The van der Waals surface area contributed by atoms with Crippen LogP contribution in [0.4, 0.5) is 5.69 Å². The number of para-hydroxylation sites is 1. The summed E-state index contributed by atoms with van der Waals surface area (Å²) in [5, 5.41) is 0. The third-order valence-corrected chi connectivity index (χ3v) is 10.6. The van der Waals surface area contributed by atoms with E-state index in [1.807, 2.05) is 0 Å². The first-order chi connectivity index (χ1) is 16.2. The molecule has 3 aliphatic carbocycles. The van der Waals surface area contributed by atoms with Gasteiger partial charge in [0, 0.05) is 17.3 Å². The molecule has 2 aliphatic heterocycles. The summed E-state index contributed by atoms with van der Waals surface area (Å²) in [4.78, 5) is 6.10. The quantitative estimate of drug-likeness (QED) is 0.434. The minimum Gasteiger partial charge on any atom is -0.351 e. The molecule has 1 saturated heterocycles. The van der Waals surface area contributed by atoms with Crippen molar-refractivity contribution in [1.29, 1.82) is 0 Å². The lowest BCUT2D eigenvalue weighted by Gasteiger charge is -2.55. The summed E-state index contributed by atoms with van der Waals surface area (Å²) in [5.74, 6) is 2.55. The molecule has 0 bridgehead atoms. The number of rotatable bonds is 4. The summed E-state index contributed by atoms with van der Waals surface area (Å²) in [6.45, 7) is 4.88. The van der Waals surface area contributed by atoms with Gasteiger partial charge >= 0.3 is 0 Å². The van der Waals surface area contributed by atoms with E-state index < -0.39 is 0 Å². The molecule has 4 fully saturated rings. The summed E-state index contributed by atoms with van der Waals surface area (Å²) in [7, 11) is 0. The van der Waals surface area contributed by atoms with Crippen LogP contribution in [0.3, 0.4) is 0 Å². The molecule has 33 heavy (non-hydrogen) atoms. The molecule has 3 saturated carbocycles. The predicted molar refractivity (Wildman–Crippen MR) is 140 cm³/mol. The van der Waals surface area contributed by atoms with Gasteiger partial charge in [0.2, 0.25) is 0 Å². The van der Waals surface area contributed by atoms with E-state index in [0.29, 0.717) is 23.8 Å². The Morgan fingerprint density at radius 3 is 1.94 bits per heavy atom. The number of hydrogen-bond donors (Lipinski definition) is 0. The fraction of sp³-hybridized carbons (Fsp3) is 0.742. The zero-order valence-electron chi connectivity index (χ0n) is 21.2. The van der Waals surface area contributed by atoms with E-state index in [2.05, 4.69) is 60.1 Å². The average Bonchev–Trinajstić information content (AvgIpc) is 3.58. The Balaban J connectivity index is 1.47. The van der Waals surface area contributed by atoms with Crippen LogP contribution in [0.5, 0.6) is 0 Å². The second kappa shape index (κ2) is 9.06. The molecule has 1 aromatic rings. The van der Waals surface area contributed by atoms with Crippen LogP contribution in [0.15, 0.2) is 36.4 Å². The first-order valence-electron chi connectivity index (χ1n) is 14.5. The number of nitrogens with zero attached hydrogens (tertiary/aromatic N) is 2. The molecule has 6 rings (SSSR count). The average molecular weight is 447 g/mol. The van der Waals surface area contributed by atoms with Crippen molar-refractivity contribution in [3.05, 3.63) is 42.0 Å². The summed E-state index contributed by atoms with van der Waals surface area (Å²) >= 11 is 0. The van der Waals surface area contributed by atoms with Gasteiger partial charge in [-0.05, 0) is 81.8 Å². The third kappa shape index (κ3) is 3.53. The van der Waals surface area contributed by atoms with E-state index in [1.54, 1.807) is 0 Å². The van der Waals surface area contributed by atoms with Gasteiger partial charge in [-0.15, -0.1) is 0 Å². The molecule has 0 amide bonds. The van der Waals surface area contributed by atoms with E-state index in [9.17, 15) is 0 Å². The smallest absolute Gasteiger partial charge is 0.0865 e. The molecule has 2 nitrogen and oxygen atoms in total. The zero-order valence-corrected chi connectivity index (χ0v) is 21.2. The maximum absolute atomic E-state index is 3.19. The van der Waals surface area contributed by atoms with Crippen molar-refractivity contribution in [2.24, 2.45) is 17.8 Å². The molecular weight excluding hydrogens is 400 g/mol. The highest BCUT2D eigenvalue weighted by atomic mass is 15.5. The lowest BCUT2D eigenvalue weighted by Crippen LogP contribution is -2.62. The zero-order chi connectivity index (χ0) is 22.4. The van der Waals surface area contributed by atoms with Crippen LogP contribution in [-0.2, 0) is 0 Å². The standard InChI is InChI=1S/C31H46N2/c1-23-13-9-12-20-28(23)32-24(2)29-21-22-31(26-16-5-3-6-17-26,27-18-7-4-8-19-27)33(29)30(32)25-14-10-11-15-25/h9,12-13,20-22,24-27,29-30H,3-8,10-11,14-19H2,1-2H3/t24-,29?,30?/m0/s1.